The van der Waals surface area contributed by atoms with E-state index >= 15 is 0 Å². The number of hydrogen-bond donors (Lipinski definition) is 2. The Hall–Kier alpha value is -4.37. The molecular weight excluding hydrogens is 502 g/mol. The van der Waals surface area contributed by atoms with Gasteiger partial charge in [-0.1, -0.05) is 29.8 Å². The van der Waals surface area contributed by atoms with Crippen molar-refractivity contribution in [3.63, 3.8) is 0 Å². The van der Waals surface area contributed by atoms with Crippen molar-refractivity contribution in [2.75, 3.05) is 20.5 Å². The number of fused-ring (bicyclic) bond motifs is 2. The molecule has 1 aromatic heterocycles. The summed E-state index contributed by atoms with van der Waals surface area (Å²) in [6, 6.07) is 15.7. The normalized spacial score (nSPS) is 12.1. The average Bonchev–Trinajstić information content (AvgIpc) is 3.46. The highest BCUT2D eigenvalue weighted by Crippen LogP contribution is 2.43. The first-order valence-electron chi connectivity index (χ1n) is 11.3. The van der Waals surface area contributed by atoms with Crippen molar-refractivity contribution in [1.29, 1.82) is 0 Å². The Balaban J connectivity index is 1.69. The molecule has 0 amide bonds. The van der Waals surface area contributed by atoms with Crippen LogP contribution in [0.1, 0.15) is 22.5 Å². The number of aliphatic carboxylic acids is 1. The number of methoxy groups -OCH3 is 1. The number of carbonyl (C=O) groups is 2. The summed E-state index contributed by atoms with van der Waals surface area (Å²) in [6.07, 6.45) is -0.215. The highest BCUT2D eigenvalue weighted by molar-refractivity contribution is 6.31. The Labute approximate surface area is 216 Å². The molecule has 5 rings (SSSR count). The number of rotatable bonds is 9. The molecule has 4 aromatic rings. The van der Waals surface area contributed by atoms with Gasteiger partial charge in [-0.3, -0.25) is 4.79 Å². The molecule has 1 aliphatic rings. The molecule has 0 spiro atoms. The third-order valence-electron chi connectivity index (χ3n) is 6.08. The van der Waals surface area contributed by atoms with Crippen molar-refractivity contribution in [3.05, 3.63) is 70.9 Å². The van der Waals surface area contributed by atoms with Crippen LogP contribution in [0, 0.1) is 0 Å². The summed E-state index contributed by atoms with van der Waals surface area (Å²) in [7, 11) is 1.50. The molecular formula is C27H22ClNO8. The number of aromatic nitrogens is 1. The highest BCUT2D eigenvalue weighted by atomic mass is 35.5. The SMILES string of the molecule is COc1ccc(-c2c(C(=O)O)n(Cc3cc4c(cc3Cl)OCO4)c3ccccc23)c(OCCC(=O)O)c1. The fourth-order valence-electron chi connectivity index (χ4n) is 4.42. The van der Waals surface area contributed by atoms with Gasteiger partial charge in [0, 0.05) is 39.2 Å². The maximum Gasteiger partial charge on any atom is 0.353 e. The van der Waals surface area contributed by atoms with Gasteiger partial charge in [0.15, 0.2) is 11.5 Å². The zero-order chi connectivity index (χ0) is 26.1. The summed E-state index contributed by atoms with van der Waals surface area (Å²) < 4.78 is 23.7. The maximum atomic E-state index is 12.7. The number of halogens is 1. The Morgan fingerprint density at radius 3 is 2.54 bits per heavy atom. The molecule has 0 aliphatic carbocycles. The molecule has 0 atom stereocenters. The van der Waals surface area contributed by atoms with Crippen LogP contribution < -0.4 is 18.9 Å². The standard InChI is InChI=1S/C27H22ClNO8/c1-34-16-6-7-18(21(11-16)35-9-8-24(30)31)25-17-4-2-3-5-20(17)29(26(25)27(32)33)13-15-10-22-23(12-19(15)28)37-14-36-22/h2-7,10-12H,8-9,13-14H2,1H3,(H,30,31)(H,32,33). The number of hydrogen-bond acceptors (Lipinski definition) is 6. The van der Waals surface area contributed by atoms with Crippen molar-refractivity contribution in [1.82, 2.24) is 4.57 Å². The Bertz CT molecular complexity index is 1530. The molecule has 0 radical (unpaired) electrons. The van der Waals surface area contributed by atoms with Gasteiger partial charge in [0.1, 0.15) is 17.2 Å². The number of aromatic carboxylic acids is 1. The number of para-hydroxylation sites is 1. The van der Waals surface area contributed by atoms with Crippen LogP contribution in [0.15, 0.2) is 54.6 Å². The molecule has 2 N–H and O–H groups in total. The smallest absolute Gasteiger partial charge is 0.353 e. The lowest BCUT2D eigenvalue weighted by Gasteiger charge is -2.14. The van der Waals surface area contributed by atoms with E-state index in [2.05, 4.69) is 0 Å². The van der Waals surface area contributed by atoms with Crippen molar-refractivity contribution >= 4 is 34.4 Å². The van der Waals surface area contributed by atoms with E-state index in [1.165, 1.54) is 7.11 Å². The molecule has 0 unspecified atom stereocenters. The van der Waals surface area contributed by atoms with Gasteiger partial charge in [0.05, 0.1) is 26.7 Å². The van der Waals surface area contributed by atoms with E-state index in [-0.39, 0.29) is 32.1 Å². The number of benzene rings is 3. The number of nitrogens with zero attached hydrogens (tertiary/aromatic N) is 1. The highest BCUT2D eigenvalue weighted by Gasteiger charge is 2.27. The van der Waals surface area contributed by atoms with Crippen molar-refractivity contribution in [2.45, 2.75) is 13.0 Å². The number of carboxylic acid groups (broad SMARTS) is 2. The lowest BCUT2D eigenvalue weighted by atomic mass is 10.0. The van der Waals surface area contributed by atoms with Gasteiger partial charge in [0.2, 0.25) is 6.79 Å². The largest absolute Gasteiger partial charge is 0.497 e. The quantitative estimate of drug-likeness (QED) is 0.303. The van der Waals surface area contributed by atoms with E-state index in [1.54, 1.807) is 34.9 Å². The van der Waals surface area contributed by atoms with Crippen molar-refractivity contribution in [3.8, 4) is 34.1 Å². The minimum absolute atomic E-state index is 0.0307. The van der Waals surface area contributed by atoms with Gasteiger partial charge in [-0.25, -0.2) is 4.79 Å². The molecule has 2 heterocycles. The van der Waals surface area contributed by atoms with Gasteiger partial charge in [-0.15, -0.1) is 0 Å². The van der Waals surface area contributed by atoms with Gasteiger partial charge >= 0.3 is 11.9 Å². The minimum Gasteiger partial charge on any atom is -0.497 e. The fraction of sp³-hybridized carbons (Fsp3) is 0.185. The molecule has 10 heteroatoms. The molecule has 0 saturated heterocycles. The van der Waals surface area contributed by atoms with Crippen LogP contribution in [0.2, 0.25) is 5.02 Å². The van der Waals surface area contributed by atoms with Gasteiger partial charge in [-0.05, 0) is 29.8 Å². The molecule has 190 valence electrons. The predicted octanol–water partition coefficient (Wildman–Crippen LogP) is 5.30. The molecule has 9 nitrogen and oxygen atoms in total. The van der Waals surface area contributed by atoms with Crippen molar-refractivity contribution < 1.29 is 38.7 Å². The third kappa shape index (κ3) is 4.61. The molecule has 1 aliphatic heterocycles. The second-order valence-electron chi connectivity index (χ2n) is 8.28. The second kappa shape index (κ2) is 9.94. The van der Waals surface area contributed by atoms with E-state index in [9.17, 15) is 14.7 Å². The average molecular weight is 524 g/mol. The van der Waals surface area contributed by atoms with E-state index in [1.807, 2.05) is 24.3 Å². The first-order chi connectivity index (χ1) is 17.9. The maximum absolute atomic E-state index is 12.7. The van der Waals surface area contributed by atoms with Crippen LogP contribution in [-0.4, -0.2) is 47.2 Å². The summed E-state index contributed by atoms with van der Waals surface area (Å²) >= 11 is 6.53. The summed E-state index contributed by atoms with van der Waals surface area (Å²) in [5, 5.41) is 20.6. The zero-order valence-electron chi connectivity index (χ0n) is 19.7. The second-order valence-corrected chi connectivity index (χ2v) is 8.69. The molecule has 0 fully saturated rings. The van der Waals surface area contributed by atoms with E-state index < -0.39 is 11.9 Å². The van der Waals surface area contributed by atoms with Crippen LogP contribution in [0.4, 0.5) is 0 Å². The Kier molecular flexibility index (Phi) is 6.54. The fourth-order valence-corrected chi connectivity index (χ4v) is 4.63. The van der Waals surface area contributed by atoms with Crippen molar-refractivity contribution in [2.24, 2.45) is 0 Å². The van der Waals surface area contributed by atoms with E-state index in [0.717, 1.165) is 0 Å². The first-order valence-corrected chi connectivity index (χ1v) is 11.7. The zero-order valence-corrected chi connectivity index (χ0v) is 20.4. The van der Waals surface area contributed by atoms with Crippen LogP contribution in [-0.2, 0) is 11.3 Å². The van der Waals surface area contributed by atoms with Gasteiger partial charge in [0.25, 0.3) is 0 Å². The predicted molar refractivity (Wildman–Crippen MR) is 135 cm³/mol. The molecule has 37 heavy (non-hydrogen) atoms. The summed E-state index contributed by atoms with van der Waals surface area (Å²) in [4.78, 5) is 23.8. The monoisotopic (exact) mass is 523 g/mol. The lowest BCUT2D eigenvalue weighted by molar-refractivity contribution is -0.137. The van der Waals surface area contributed by atoms with E-state index in [4.69, 9.17) is 35.7 Å². The molecule has 0 saturated carbocycles. The Morgan fingerprint density at radius 2 is 1.81 bits per heavy atom. The summed E-state index contributed by atoms with van der Waals surface area (Å²) in [6.45, 7) is 0.153. The van der Waals surface area contributed by atoms with Crippen LogP contribution in [0.5, 0.6) is 23.0 Å². The summed E-state index contributed by atoms with van der Waals surface area (Å²) in [5.41, 5.74) is 2.30. The minimum atomic E-state index is -1.14. The van der Waals surface area contributed by atoms with Crippen LogP contribution in [0.25, 0.3) is 22.0 Å². The van der Waals surface area contributed by atoms with E-state index in [0.29, 0.717) is 55.6 Å². The first kappa shape index (κ1) is 24.3. The Morgan fingerprint density at radius 1 is 1.05 bits per heavy atom. The lowest BCUT2D eigenvalue weighted by Crippen LogP contribution is -2.11. The summed E-state index contributed by atoms with van der Waals surface area (Å²) in [5.74, 6) is -0.277. The molecule has 0 bridgehead atoms. The third-order valence-corrected chi connectivity index (χ3v) is 6.43. The topological polar surface area (TPSA) is 116 Å². The number of carboxylic acids is 2. The molecule has 3 aromatic carbocycles. The number of ether oxygens (including phenoxy) is 4. The van der Waals surface area contributed by atoms with Crippen LogP contribution in [0.3, 0.4) is 0 Å². The van der Waals surface area contributed by atoms with Gasteiger partial charge < -0.3 is 33.7 Å². The van der Waals surface area contributed by atoms with Gasteiger partial charge in [-0.2, -0.15) is 0 Å². The van der Waals surface area contributed by atoms with Crippen LogP contribution >= 0.6 is 11.6 Å².